The van der Waals surface area contributed by atoms with Gasteiger partial charge in [0.25, 0.3) is 0 Å². The van der Waals surface area contributed by atoms with E-state index in [9.17, 15) is 0 Å². The van der Waals surface area contributed by atoms with Crippen molar-refractivity contribution in [2.45, 2.75) is 77.4 Å². The Morgan fingerprint density at radius 3 is 0.973 bits per heavy atom. The molecule has 538 valence electrons. The summed E-state index contributed by atoms with van der Waals surface area (Å²) in [6.45, 7) is 17.9. The van der Waals surface area contributed by atoms with Crippen LogP contribution < -0.4 is 5.46 Å². The van der Waals surface area contributed by atoms with Crippen molar-refractivity contribution in [3.05, 3.63) is 355 Å². The number of aromatic nitrogens is 6. The molecule has 2 aromatic heterocycles. The van der Waals surface area contributed by atoms with Gasteiger partial charge in [-0.05, 0) is 195 Å². The molecule has 0 saturated carbocycles. The minimum atomic E-state index is -0.439. The number of hydrogen-bond donors (Lipinski definition) is 0. The average molecular weight is 1470 g/mol. The summed E-state index contributed by atoms with van der Waals surface area (Å²) >= 11 is 5.99. The summed E-state index contributed by atoms with van der Waals surface area (Å²) in [6.07, 6.45) is 0. The van der Waals surface area contributed by atoms with Crippen LogP contribution in [-0.2, 0) is 20.1 Å². The van der Waals surface area contributed by atoms with Gasteiger partial charge >= 0.3 is 7.12 Å². The molecule has 10 heteroatoms. The van der Waals surface area contributed by atoms with Gasteiger partial charge in [0.15, 0.2) is 29.1 Å². The highest BCUT2D eigenvalue weighted by atomic mass is 35.5. The third-order valence-corrected chi connectivity index (χ3v) is 23.9. The molecule has 3 aliphatic rings. The summed E-state index contributed by atoms with van der Waals surface area (Å²) in [4.78, 5) is 28.1. The zero-order valence-corrected chi connectivity index (χ0v) is 64.4. The second kappa shape index (κ2) is 27.4. The van der Waals surface area contributed by atoms with Crippen LogP contribution in [0.2, 0.25) is 5.28 Å². The van der Waals surface area contributed by atoms with E-state index >= 15 is 0 Å². The Balaban J connectivity index is 0.000000124. The van der Waals surface area contributed by atoms with Crippen LogP contribution in [-0.4, -0.2) is 48.2 Å². The van der Waals surface area contributed by atoms with Crippen molar-refractivity contribution < 1.29 is 9.31 Å². The fourth-order valence-corrected chi connectivity index (χ4v) is 17.4. The molecule has 16 aromatic carbocycles. The molecule has 0 amide bonds. The van der Waals surface area contributed by atoms with E-state index in [1.807, 2.05) is 97.1 Å². The highest BCUT2D eigenvalue weighted by molar-refractivity contribution is 6.66. The molecule has 8 nitrogen and oxygen atoms in total. The molecule has 0 atom stereocenters. The number of fused-ring (bicyclic) bond motifs is 18. The molecular weight excluding hydrogens is 1390 g/mol. The molecule has 18 aromatic rings. The first kappa shape index (κ1) is 69.8. The Bertz CT molecular complexity index is 6660. The van der Waals surface area contributed by atoms with Crippen LogP contribution in [0.1, 0.15) is 77.6 Å². The summed E-state index contributed by atoms with van der Waals surface area (Å²) in [5, 5.41) is 14.8. The lowest BCUT2D eigenvalue weighted by Gasteiger charge is -2.32. The van der Waals surface area contributed by atoms with Crippen molar-refractivity contribution in [3.8, 4) is 101 Å². The quantitative estimate of drug-likeness (QED) is 0.110. The van der Waals surface area contributed by atoms with Gasteiger partial charge in [-0.3, -0.25) is 0 Å². The van der Waals surface area contributed by atoms with E-state index in [0.29, 0.717) is 29.1 Å². The number of hydrogen-bond acceptors (Lipinski definition) is 8. The average Bonchev–Trinajstić information content (AvgIpc) is 1.30. The monoisotopic (exact) mass is 1460 g/mol. The van der Waals surface area contributed by atoms with Gasteiger partial charge < -0.3 is 9.31 Å². The Morgan fingerprint density at radius 2 is 0.536 bits per heavy atom. The minimum absolute atomic E-state index is 0.0361. The van der Waals surface area contributed by atoms with Crippen molar-refractivity contribution in [2.24, 2.45) is 0 Å². The van der Waals surface area contributed by atoms with Crippen LogP contribution in [0.3, 0.4) is 0 Å². The minimum Gasteiger partial charge on any atom is -0.399 e. The van der Waals surface area contributed by atoms with Crippen molar-refractivity contribution in [1.82, 2.24) is 29.9 Å². The fourth-order valence-electron chi connectivity index (χ4n) is 17.2. The molecule has 0 spiro atoms. The lowest BCUT2D eigenvalue weighted by Crippen LogP contribution is -2.41. The summed E-state index contributed by atoms with van der Waals surface area (Å²) in [7, 11) is -0.439. The zero-order chi connectivity index (χ0) is 76.2. The van der Waals surface area contributed by atoms with E-state index < -0.39 is 18.3 Å². The normalized spacial score (nSPS) is 14.5. The molecule has 0 N–H and O–H groups in total. The molecule has 21 rings (SSSR count). The summed E-state index contributed by atoms with van der Waals surface area (Å²) in [6, 6.07) is 116. The summed E-state index contributed by atoms with van der Waals surface area (Å²) < 4.78 is 13.2. The van der Waals surface area contributed by atoms with Crippen LogP contribution in [0.5, 0.6) is 0 Å². The van der Waals surface area contributed by atoms with Crippen LogP contribution >= 0.6 is 11.6 Å². The molecule has 2 aliphatic carbocycles. The summed E-state index contributed by atoms with van der Waals surface area (Å²) in [5.41, 5.74) is 20.7. The smallest absolute Gasteiger partial charge is 0.399 e. The van der Waals surface area contributed by atoms with Gasteiger partial charge in [0.1, 0.15) is 0 Å². The first-order valence-corrected chi connectivity index (χ1v) is 38.8. The first-order valence-electron chi connectivity index (χ1n) is 38.4. The van der Waals surface area contributed by atoms with Crippen LogP contribution in [0.25, 0.3) is 166 Å². The second-order valence-corrected chi connectivity index (χ2v) is 31.9. The molecule has 0 radical (unpaired) electrons. The molecule has 1 aliphatic heterocycles. The molecule has 3 heterocycles. The summed E-state index contributed by atoms with van der Waals surface area (Å²) in [5.74, 6) is 3.14. The van der Waals surface area contributed by atoms with Crippen molar-refractivity contribution in [3.63, 3.8) is 0 Å². The fraction of sp³-hybridized carbons (Fsp3) is 0.118. The predicted molar refractivity (Wildman–Crippen MR) is 465 cm³/mol. The third-order valence-electron chi connectivity index (χ3n) is 23.7. The Morgan fingerprint density at radius 1 is 0.232 bits per heavy atom. The lowest BCUT2D eigenvalue weighted by atomic mass is 9.74. The Hall–Kier alpha value is -12.6. The highest BCUT2D eigenvalue weighted by Gasteiger charge is 2.52. The second-order valence-electron chi connectivity index (χ2n) is 31.6. The van der Waals surface area contributed by atoms with E-state index in [2.05, 4.69) is 301 Å². The maximum absolute atomic E-state index is 6.62. The first-order chi connectivity index (χ1) is 54.4. The number of benzene rings is 16. The topological polar surface area (TPSA) is 95.8 Å². The van der Waals surface area contributed by atoms with E-state index in [1.54, 1.807) is 0 Å². The molecule has 112 heavy (non-hydrogen) atoms. The van der Waals surface area contributed by atoms with Crippen LogP contribution in [0, 0.1) is 0 Å². The number of halogens is 1. The van der Waals surface area contributed by atoms with Gasteiger partial charge in [0, 0.05) is 44.0 Å². The van der Waals surface area contributed by atoms with Crippen LogP contribution in [0.4, 0.5) is 0 Å². The third kappa shape index (κ3) is 12.0. The van der Waals surface area contributed by atoms with E-state index in [1.165, 1.54) is 126 Å². The van der Waals surface area contributed by atoms with Gasteiger partial charge in [-0.15, -0.1) is 0 Å². The standard InChI is InChI=1S/C48H33N3.C39H35BO2.C15H10ClN3/c1-48(2)42-23-12-11-20-37(42)38-27-25-33(29-43(38)48)32-24-26-36-34-18-9-10-19-35(34)39-21-13-22-40(44(39)41(36)28-32)47-50-45(30-14-5-3-6-15-30)49-46(51-47)31-16-7-4-8-17-31;1-37(2)33-16-10-9-14-29(33)30-21-19-25(23-34(30)37)24-18-20-28-26-12-7-8-13-27(26)31-15-11-17-35(36(31)32(28)22-24)40-41-38(3,4)39(5,6)42-40;16-15-18-13(11-7-3-1-4-8-11)17-14(19-15)12-9-5-2-6-10-12/h3-29H,1-2H3;7-23H,1-6H3;1-10H. The van der Waals surface area contributed by atoms with Gasteiger partial charge in [-0.25, -0.2) is 19.9 Å². The van der Waals surface area contributed by atoms with E-state index in [4.69, 9.17) is 35.9 Å². The van der Waals surface area contributed by atoms with Gasteiger partial charge in [0.05, 0.1) is 11.2 Å². The molecule has 0 bridgehead atoms. The van der Waals surface area contributed by atoms with E-state index in [0.717, 1.165) is 38.7 Å². The van der Waals surface area contributed by atoms with Crippen LogP contribution in [0.15, 0.2) is 328 Å². The molecule has 0 unspecified atom stereocenters. The Kier molecular flexibility index (Phi) is 17.1. The van der Waals surface area contributed by atoms with Gasteiger partial charge in [-0.1, -0.05) is 331 Å². The largest absolute Gasteiger partial charge is 0.495 e. The maximum Gasteiger partial charge on any atom is 0.495 e. The lowest BCUT2D eigenvalue weighted by molar-refractivity contribution is 0.00578. The van der Waals surface area contributed by atoms with E-state index in [-0.39, 0.29) is 16.1 Å². The number of nitrogens with zero attached hydrogens (tertiary/aromatic N) is 6. The maximum atomic E-state index is 6.62. The number of rotatable bonds is 8. The Labute approximate surface area is 657 Å². The molecular formula is C102H78BClN6O2. The zero-order valence-electron chi connectivity index (χ0n) is 63.6. The predicted octanol–water partition coefficient (Wildman–Crippen LogP) is 25.6. The van der Waals surface area contributed by atoms with Crippen molar-refractivity contribution in [1.29, 1.82) is 0 Å². The van der Waals surface area contributed by atoms with Gasteiger partial charge in [-0.2, -0.15) is 9.97 Å². The molecule has 1 fully saturated rings. The highest BCUT2D eigenvalue weighted by Crippen LogP contribution is 2.53. The van der Waals surface area contributed by atoms with Crippen molar-refractivity contribution >= 4 is 88.8 Å². The molecule has 1 saturated heterocycles. The van der Waals surface area contributed by atoms with Crippen molar-refractivity contribution in [2.75, 3.05) is 0 Å². The SMILES string of the molecule is CC1(C)c2ccccc2-c2ccc(-c3ccc4c5ccccc5c5cccc(-c6nc(-c7ccccc7)nc(-c7ccccc7)n6)c5c4c3)cc21.CC1(C)c2ccccc2-c2ccc(-c3ccc4c5ccccc5c5cccc(B6OC(C)(C)C(C)(C)O6)c5c4c3)cc21.Clc1nc(-c2ccccc2)nc(-c2ccccc2)n1. The van der Waals surface area contributed by atoms with Gasteiger partial charge in [0.2, 0.25) is 5.28 Å².